The third-order valence-electron chi connectivity index (χ3n) is 2.11. The Labute approximate surface area is 90.1 Å². The van der Waals surface area contributed by atoms with E-state index >= 15 is 0 Å². The molecule has 0 saturated heterocycles. The Kier molecular flexibility index (Phi) is 3.42. The Bertz CT molecular complexity index is 337. The Morgan fingerprint density at radius 2 is 2.13 bits per heavy atom. The first-order valence-corrected chi connectivity index (χ1v) is 4.81. The number of ether oxygens (including phenoxy) is 1. The van der Waals surface area contributed by atoms with Gasteiger partial charge < -0.3 is 20.9 Å². The van der Waals surface area contributed by atoms with Crippen LogP contribution in [0.1, 0.15) is 13.8 Å². The second-order valence-corrected chi connectivity index (χ2v) is 4.12. The van der Waals surface area contributed by atoms with Gasteiger partial charge in [0.05, 0.1) is 24.9 Å². The van der Waals surface area contributed by atoms with Crippen molar-refractivity contribution in [3.05, 3.63) is 18.2 Å². The molecular weight excluding hydrogens is 192 g/mol. The zero-order chi connectivity index (χ0) is 11.5. The van der Waals surface area contributed by atoms with Gasteiger partial charge in [0.2, 0.25) is 0 Å². The van der Waals surface area contributed by atoms with E-state index in [9.17, 15) is 0 Å². The van der Waals surface area contributed by atoms with Crippen molar-refractivity contribution in [3.63, 3.8) is 0 Å². The van der Waals surface area contributed by atoms with E-state index in [0.29, 0.717) is 11.4 Å². The second kappa shape index (κ2) is 4.40. The fourth-order valence-electron chi connectivity index (χ4n) is 1.22. The first kappa shape index (κ1) is 11.7. The molecule has 15 heavy (non-hydrogen) atoms. The predicted molar refractivity (Wildman–Crippen MR) is 62.2 cm³/mol. The average Bonchev–Trinajstić information content (AvgIpc) is 2.20. The molecule has 0 amide bonds. The van der Waals surface area contributed by atoms with Crippen molar-refractivity contribution in [2.45, 2.75) is 19.4 Å². The van der Waals surface area contributed by atoms with E-state index < -0.39 is 0 Å². The highest BCUT2D eigenvalue weighted by molar-refractivity contribution is 5.61. The van der Waals surface area contributed by atoms with Gasteiger partial charge in [-0.05, 0) is 26.0 Å². The standard InChI is InChI=1S/C11H18N2O2/c1-11(2,7-14)13-8-4-5-9(12)10(6-8)15-3/h4-6,13-14H,7,12H2,1-3H3. The predicted octanol–water partition coefficient (Wildman–Crippen LogP) is 1.46. The molecule has 0 bridgehead atoms. The van der Waals surface area contributed by atoms with Crippen LogP contribution in [0.25, 0.3) is 0 Å². The van der Waals surface area contributed by atoms with E-state index in [-0.39, 0.29) is 12.1 Å². The molecule has 0 saturated carbocycles. The van der Waals surface area contributed by atoms with Crippen LogP contribution in [-0.4, -0.2) is 24.4 Å². The van der Waals surface area contributed by atoms with Gasteiger partial charge in [0, 0.05) is 11.8 Å². The maximum absolute atomic E-state index is 9.12. The molecule has 0 atom stereocenters. The van der Waals surface area contributed by atoms with Crippen LogP contribution in [0.3, 0.4) is 0 Å². The summed E-state index contributed by atoms with van der Waals surface area (Å²) in [7, 11) is 1.58. The Morgan fingerprint density at radius 3 is 2.67 bits per heavy atom. The SMILES string of the molecule is COc1cc(NC(C)(C)CO)ccc1N. The minimum absolute atomic E-state index is 0.0552. The van der Waals surface area contributed by atoms with Crippen molar-refractivity contribution in [3.8, 4) is 5.75 Å². The summed E-state index contributed by atoms with van der Waals surface area (Å²) in [5.74, 6) is 0.633. The molecule has 0 heterocycles. The van der Waals surface area contributed by atoms with Crippen molar-refractivity contribution < 1.29 is 9.84 Å². The largest absolute Gasteiger partial charge is 0.495 e. The van der Waals surface area contributed by atoms with Crippen LogP contribution < -0.4 is 15.8 Å². The first-order chi connectivity index (χ1) is 6.98. The van der Waals surface area contributed by atoms with Crippen LogP contribution in [0.4, 0.5) is 11.4 Å². The molecule has 1 rings (SSSR count). The normalized spacial score (nSPS) is 11.2. The van der Waals surface area contributed by atoms with Crippen LogP contribution in [0.15, 0.2) is 18.2 Å². The van der Waals surface area contributed by atoms with Gasteiger partial charge in [0.25, 0.3) is 0 Å². The molecule has 0 fully saturated rings. The fourth-order valence-corrected chi connectivity index (χ4v) is 1.22. The lowest BCUT2D eigenvalue weighted by Gasteiger charge is -2.25. The van der Waals surface area contributed by atoms with Gasteiger partial charge in [0.15, 0.2) is 0 Å². The molecule has 0 radical (unpaired) electrons. The molecule has 4 N–H and O–H groups in total. The van der Waals surface area contributed by atoms with Crippen molar-refractivity contribution in [2.24, 2.45) is 0 Å². The third kappa shape index (κ3) is 3.02. The highest BCUT2D eigenvalue weighted by Gasteiger charge is 2.15. The summed E-state index contributed by atoms with van der Waals surface area (Å²) in [6.45, 7) is 3.88. The lowest BCUT2D eigenvalue weighted by Crippen LogP contribution is -2.34. The lowest BCUT2D eigenvalue weighted by molar-refractivity contribution is 0.234. The van der Waals surface area contributed by atoms with Gasteiger partial charge in [-0.3, -0.25) is 0 Å². The topological polar surface area (TPSA) is 67.5 Å². The summed E-state index contributed by atoms with van der Waals surface area (Å²) in [4.78, 5) is 0. The fraction of sp³-hybridized carbons (Fsp3) is 0.455. The number of benzene rings is 1. The molecule has 0 aliphatic heterocycles. The number of anilines is 2. The molecular formula is C11H18N2O2. The van der Waals surface area contributed by atoms with Gasteiger partial charge in [-0.15, -0.1) is 0 Å². The monoisotopic (exact) mass is 210 g/mol. The molecule has 0 aliphatic rings. The van der Waals surface area contributed by atoms with Crippen LogP contribution in [0, 0.1) is 0 Å². The van der Waals surface area contributed by atoms with Crippen molar-refractivity contribution in [1.82, 2.24) is 0 Å². The summed E-state index contributed by atoms with van der Waals surface area (Å²) in [6.07, 6.45) is 0. The molecule has 1 aromatic carbocycles. The number of nitrogens with two attached hydrogens (primary N) is 1. The molecule has 0 unspecified atom stereocenters. The molecule has 0 aromatic heterocycles. The van der Waals surface area contributed by atoms with Gasteiger partial charge in [0.1, 0.15) is 5.75 Å². The summed E-state index contributed by atoms with van der Waals surface area (Å²) in [6, 6.07) is 5.44. The van der Waals surface area contributed by atoms with Gasteiger partial charge >= 0.3 is 0 Å². The van der Waals surface area contributed by atoms with Gasteiger partial charge in [-0.25, -0.2) is 0 Å². The van der Waals surface area contributed by atoms with E-state index in [1.54, 1.807) is 13.2 Å². The van der Waals surface area contributed by atoms with E-state index in [2.05, 4.69) is 5.32 Å². The minimum atomic E-state index is -0.360. The molecule has 4 nitrogen and oxygen atoms in total. The van der Waals surface area contributed by atoms with Crippen molar-refractivity contribution in [1.29, 1.82) is 0 Å². The molecule has 1 aromatic rings. The summed E-state index contributed by atoms with van der Waals surface area (Å²) >= 11 is 0. The van der Waals surface area contributed by atoms with E-state index in [1.165, 1.54) is 0 Å². The number of aliphatic hydroxyl groups is 1. The van der Waals surface area contributed by atoms with Crippen LogP contribution in [0.2, 0.25) is 0 Å². The molecule has 0 aliphatic carbocycles. The van der Waals surface area contributed by atoms with E-state index in [4.69, 9.17) is 15.6 Å². The average molecular weight is 210 g/mol. The van der Waals surface area contributed by atoms with Crippen molar-refractivity contribution >= 4 is 11.4 Å². The smallest absolute Gasteiger partial charge is 0.143 e. The van der Waals surface area contributed by atoms with E-state index in [0.717, 1.165) is 5.69 Å². The van der Waals surface area contributed by atoms with Gasteiger partial charge in [-0.2, -0.15) is 0 Å². The Balaban J connectivity index is 2.87. The zero-order valence-corrected chi connectivity index (χ0v) is 9.37. The second-order valence-electron chi connectivity index (χ2n) is 4.12. The summed E-state index contributed by atoms with van der Waals surface area (Å²) < 4.78 is 5.11. The first-order valence-electron chi connectivity index (χ1n) is 4.81. The number of nitrogens with one attached hydrogen (secondary N) is 1. The van der Waals surface area contributed by atoms with Crippen LogP contribution in [-0.2, 0) is 0 Å². The lowest BCUT2D eigenvalue weighted by atomic mass is 10.1. The quantitative estimate of drug-likeness (QED) is 0.658. The Hall–Kier alpha value is -1.42. The Morgan fingerprint density at radius 1 is 1.47 bits per heavy atom. The maximum atomic E-state index is 9.12. The summed E-state index contributed by atoms with van der Waals surface area (Å²) in [5.41, 5.74) is 6.81. The number of aliphatic hydroxyl groups excluding tert-OH is 1. The number of hydrogen-bond donors (Lipinski definition) is 3. The highest BCUT2D eigenvalue weighted by atomic mass is 16.5. The molecule has 0 spiro atoms. The third-order valence-corrected chi connectivity index (χ3v) is 2.11. The number of hydrogen-bond acceptors (Lipinski definition) is 4. The van der Waals surface area contributed by atoms with Crippen LogP contribution in [0.5, 0.6) is 5.75 Å². The number of methoxy groups -OCH3 is 1. The molecule has 4 heteroatoms. The van der Waals surface area contributed by atoms with Gasteiger partial charge in [-0.1, -0.05) is 0 Å². The minimum Gasteiger partial charge on any atom is -0.495 e. The summed E-state index contributed by atoms with van der Waals surface area (Å²) in [5, 5.41) is 12.3. The van der Waals surface area contributed by atoms with E-state index in [1.807, 2.05) is 26.0 Å². The zero-order valence-electron chi connectivity index (χ0n) is 9.37. The number of nitrogen functional groups attached to an aromatic ring is 1. The maximum Gasteiger partial charge on any atom is 0.143 e. The highest BCUT2D eigenvalue weighted by Crippen LogP contribution is 2.26. The van der Waals surface area contributed by atoms with Crippen molar-refractivity contribution in [2.75, 3.05) is 24.8 Å². The van der Waals surface area contributed by atoms with Crippen LogP contribution >= 0.6 is 0 Å². The molecule has 84 valence electrons. The number of rotatable bonds is 4.